The molecule has 0 saturated carbocycles. The second kappa shape index (κ2) is 5.47. The third-order valence-electron chi connectivity index (χ3n) is 4.87. The molecule has 1 aliphatic rings. The normalized spacial score (nSPS) is 22.6. The summed E-state index contributed by atoms with van der Waals surface area (Å²) in [5.74, 6) is 0. The third kappa shape index (κ3) is 2.15. The SMILES string of the molecule is CC1[C@@H](N=[N+]=[N-])[C@H](O)Cn2c(=O)c3cc4ccccc4cc3c(=O)n21. The molecule has 2 heterocycles. The van der Waals surface area contributed by atoms with Gasteiger partial charge in [-0.1, -0.05) is 29.4 Å². The van der Waals surface area contributed by atoms with Gasteiger partial charge in [-0.3, -0.25) is 9.59 Å². The molecule has 4 rings (SSSR count). The fraction of sp³-hybridized carbons (Fsp3) is 0.294. The van der Waals surface area contributed by atoms with Gasteiger partial charge in [0.2, 0.25) is 0 Å². The Hall–Kier alpha value is -3.09. The largest absolute Gasteiger partial charge is 0.391 e. The number of fused-ring (bicyclic) bond motifs is 3. The number of nitrogens with zero attached hydrogens (tertiary/aromatic N) is 5. The van der Waals surface area contributed by atoms with Crippen LogP contribution in [0.1, 0.15) is 13.0 Å². The molecular weight excluding hydrogens is 322 g/mol. The van der Waals surface area contributed by atoms with Crippen molar-refractivity contribution >= 4 is 21.5 Å². The summed E-state index contributed by atoms with van der Waals surface area (Å²) in [7, 11) is 0. The van der Waals surface area contributed by atoms with Crippen LogP contribution in [0.5, 0.6) is 0 Å². The fourth-order valence-electron chi connectivity index (χ4n) is 3.62. The van der Waals surface area contributed by atoms with Crippen LogP contribution < -0.4 is 11.1 Å². The van der Waals surface area contributed by atoms with Gasteiger partial charge in [0, 0.05) is 4.91 Å². The molecule has 1 aromatic heterocycles. The summed E-state index contributed by atoms with van der Waals surface area (Å²) in [6, 6.07) is 9.48. The number of azide groups is 1. The van der Waals surface area contributed by atoms with Crippen LogP contribution in [0.25, 0.3) is 32.0 Å². The van der Waals surface area contributed by atoms with Crippen LogP contribution in [0.3, 0.4) is 0 Å². The number of aliphatic hydroxyl groups excluding tert-OH is 1. The van der Waals surface area contributed by atoms with Crippen LogP contribution in [0, 0.1) is 0 Å². The van der Waals surface area contributed by atoms with Gasteiger partial charge in [0.15, 0.2) is 0 Å². The highest BCUT2D eigenvalue weighted by atomic mass is 16.3. The van der Waals surface area contributed by atoms with Crippen LogP contribution in [0.15, 0.2) is 51.1 Å². The summed E-state index contributed by atoms with van der Waals surface area (Å²) in [4.78, 5) is 28.7. The highest BCUT2D eigenvalue weighted by Crippen LogP contribution is 2.24. The minimum absolute atomic E-state index is 0.0924. The van der Waals surface area contributed by atoms with Crippen molar-refractivity contribution < 1.29 is 5.11 Å². The molecule has 0 aliphatic carbocycles. The van der Waals surface area contributed by atoms with Crippen LogP contribution >= 0.6 is 0 Å². The number of aliphatic hydroxyl groups is 1. The van der Waals surface area contributed by atoms with Gasteiger partial charge in [-0.2, -0.15) is 0 Å². The van der Waals surface area contributed by atoms with Gasteiger partial charge in [0.25, 0.3) is 11.1 Å². The van der Waals surface area contributed by atoms with Gasteiger partial charge in [-0.05, 0) is 35.4 Å². The van der Waals surface area contributed by atoms with Crippen molar-refractivity contribution in [3.05, 3.63) is 67.5 Å². The maximum atomic E-state index is 13.0. The molecular formula is C17H15N5O3. The zero-order valence-corrected chi connectivity index (χ0v) is 13.4. The van der Waals surface area contributed by atoms with Crippen LogP contribution in [-0.4, -0.2) is 26.6 Å². The number of aromatic nitrogens is 2. The molecule has 2 aromatic carbocycles. The summed E-state index contributed by atoms with van der Waals surface area (Å²) in [6.45, 7) is 1.57. The van der Waals surface area contributed by atoms with E-state index in [-0.39, 0.29) is 17.7 Å². The lowest BCUT2D eigenvalue weighted by Gasteiger charge is -2.34. The Morgan fingerprint density at radius 1 is 1.16 bits per heavy atom. The standard InChI is InChI=1S/C17H15N5O3/c1-9-15(19-20-18)14(23)8-21-16(24)12-6-10-4-2-3-5-11(10)7-13(12)17(25)22(9)21/h2-7,9,14-15,23H,8H2,1H3/t9?,14-,15-/m1/s1. The molecule has 0 radical (unpaired) electrons. The number of hydrogen-bond acceptors (Lipinski definition) is 4. The van der Waals surface area contributed by atoms with Gasteiger partial charge < -0.3 is 5.11 Å². The fourth-order valence-corrected chi connectivity index (χ4v) is 3.62. The Morgan fingerprint density at radius 2 is 1.76 bits per heavy atom. The first-order valence-corrected chi connectivity index (χ1v) is 7.93. The molecule has 0 spiro atoms. The number of hydrogen-bond donors (Lipinski definition) is 1. The summed E-state index contributed by atoms with van der Waals surface area (Å²) in [6.07, 6.45) is -1.03. The van der Waals surface area contributed by atoms with Gasteiger partial charge in [-0.15, -0.1) is 0 Å². The second-order valence-electron chi connectivity index (χ2n) is 6.29. The zero-order chi connectivity index (χ0) is 17.7. The highest BCUT2D eigenvalue weighted by Gasteiger charge is 2.34. The Morgan fingerprint density at radius 3 is 2.36 bits per heavy atom. The van der Waals surface area contributed by atoms with Crippen LogP contribution in [-0.2, 0) is 6.54 Å². The molecule has 0 amide bonds. The van der Waals surface area contributed by atoms with Crippen LogP contribution in [0.4, 0.5) is 0 Å². The molecule has 25 heavy (non-hydrogen) atoms. The van der Waals surface area contributed by atoms with Crippen molar-refractivity contribution in [2.45, 2.75) is 31.7 Å². The first-order valence-electron chi connectivity index (χ1n) is 7.93. The lowest BCUT2D eigenvalue weighted by atomic mass is 10.0. The molecule has 8 nitrogen and oxygen atoms in total. The average Bonchev–Trinajstić information content (AvgIpc) is 2.61. The molecule has 1 aliphatic heterocycles. The van der Waals surface area contributed by atoms with Crippen LogP contribution in [0.2, 0.25) is 0 Å². The van der Waals surface area contributed by atoms with E-state index in [0.717, 1.165) is 10.8 Å². The molecule has 0 fully saturated rings. The first kappa shape index (κ1) is 15.4. The van der Waals surface area contributed by atoms with Crippen molar-refractivity contribution in [2.75, 3.05) is 0 Å². The van der Waals surface area contributed by atoms with Gasteiger partial charge in [0.1, 0.15) is 0 Å². The molecule has 1 unspecified atom stereocenters. The number of benzene rings is 2. The van der Waals surface area contributed by atoms with Crippen molar-refractivity contribution in [2.24, 2.45) is 5.11 Å². The average molecular weight is 337 g/mol. The predicted molar refractivity (Wildman–Crippen MR) is 93.6 cm³/mol. The second-order valence-corrected chi connectivity index (χ2v) is 6.29. The topological polar surface area (TPSA) is 113 Å². The van der Waals surface area contributed by atoms with Crippen molar-refractivity contribution in [1.29, 1.82) is 0 Å². The lowest BCUT2D eigenvalue weighted by molar-refractivity contribution is 0.0550. The van der Waals surface area contributed by atoms with E-state index in [1.807, 2.05) is 24.3 Å². The van der Waals surface area contributed by atoms with E-state index in [4.69, 9.17) is 5.53 Å². The molecule has 1 N–H and O–H groups in total. The Labute approximate surface area is 141 Å². The summed E-state index contributed by atoms with van der Waals surface area (Å²) in [5.41, 5.74) is 8.03. The molecule has 3 aromatic rings. The number of rotatable bonds is 1. The third-order valence-corrected chi connectivity index (χ3v) is 4.87. The Balaban J connectivity index is 2.11. The Kier molecular flexibility index (Phi) is 3.38. The lowest BCUT2D eigenvalue weighted by Crippen LogP contribution is -2.52. The predicted octanol–water partition coefficient (Wildman–Crippen LogP) is 1.93. The van der Waals surface area contributed by atoms with E-state index < -0.39 is 18.2 Å². The summed E-state index contributed by atoms with van der Waals surface area (Å²) in [5, 5.41) is 16.2. The van der Waals surface area contributed by atoms with Crippen molar-refractivity contribution in [3.8, 4) is 0 Å². The van der Waals surface area contributed by atoms with Gasteiger partial charge >= 0.3 is 0 Å². The molecule has 8 heteroatoms. The maximum Gasteiger partial charge on any atom is 0.273 e. The van der Waals surface area contributed by atoms with E-state index in [9.17, 15) is 14.7 Å². The summed E-state index contributed by atoms with van der Waals surface area (Å²) < 4.78 is 2.55. The minimum atomic E-state index is -1.03. The molecule has 0 bridgehead atoms. The molecule has 126 valence electrons. The van der Waals surface area contributed by atoms with Crippen molar-refractivity contribution in [1.82, 2.24) is 9.36 Å². The Bertz CT molecular complexity index is 1170. The maximum absolute atomic E-state index is 13.0. The van der Waals surface area contributed by atoms with E-state index in [2.05, 4.69) is 10.0 Å². The summed E-state index contributed by atoms with van der Waals surface area (Å²) >= 11 is 0. The van der Waals surface area contributed by atoms with Crippen molar-refractivity contribution in [3.63, 3.8) is 0 Å². The smallest absolute Gasteiger partial charge is 0.273 e. The van der Waals surface area contributed by atoms with E-state index in [0.29, 0.717) is 10.8 Å². The van der Waals surface area contributed by atoms with Gasteiger partial charge in [-0.25, -0.2) is 9.36 Å². The van der Waals surface area contributed by atoms with E-state index in [1.165, 1.54) is 9.36 Å². The molecule has 0 saturated heterocycles. The van der Waals surface area contributed by atoms with Gasteiger partial charge in [0.05, 0.1) is 35.5 Å². The minimum Gasteiger partial charge on any atom is -0.391 e. The van der Waals surface area contributed by atoms with E-state index in [1.54, 1.807) is 19.1 Å². The van der Waals surface area contributed by atoms with E-state index >= 15 is 0 Å². The monoisotopic (exact) mass is 337 g/mol. The highest BCUT2D eigenvalue weighted by molar-refractivity contribution is 5.97. The zero-order valence-electron chi connectivity index (χ0n) is 13.4. The quantitative estimate of drug-likeness (QED) is 0.317. The molecule has 3 atom stereocenters. The first-order chi connectivity index (χ1) is 12.0.